The van der Waals surface area contributed by atoms with E-state index < -0.39 is 17.6 Å². The third-order valence-electron chi connectivity index (χ3n) is 3.75. The summed E-state index contributed by atoms with van der Waals surface area (Å²) in [6.07, 6.45) is 4.97. The first-order chi connectivity index (χ1) is 9.33. The second-order valence-electron chi connectivity index (χ2n) is 5.61. The van der Waals surface area contributed by atoms with Crippen molar-refractivity contribution in [3.05, 3.63) is 0 Å². The Kier molecular flexibility index (Phi) is 6.22. The zero-order valence-corrected chi connectivity index (χ0v) is 12.2. The number of carbonyl (C=O) groups is 2. The number of carbonyl (C=O) groups excluding carboxylic acids is 1. The molecule has 0 spiro atoms. The average Bonchev–Trinajstić information content (AvgIpc) is 2.90. The fourth-order valence-electron chi connectivity index (χ4n) is 2.26. The van der Waals surface area contributed by atoms with Gasteiger partial charge in [0, 0.05) is 19.1 Å². The number of aliphatic carboxylic acids is 1. The van der Waals surface area contributed by atoms with E-state index >= 15 is 0 Å². The molecule has 1 aliphatic rings. The fourth-order valence-corrected chi connectivity index (χ4v) is 2.26. The smallest absolute Gasteiger partial charge is 0.337 e. The van der Waals surface area contributed by atoms with E-state index in [1.807, 2.05) is 7.05 Å². The summed E-state index contributed by atoms with van der Waals surface area (Å²) >= 11 is 0. The molecule has 0 radical (unpaired) electrons. The Morgan fingerprint density at radius 1 is 1.30 bits per heavy atom. The summed E-state index contributed by atoms with van der Waals surface area (Å²) in [5.74, 6) is -1.36. The van der Waals surface area contributed by atoms with Gasteiger partial charge in [-0.25, -0.2) is 9.59 Å². The molecule has 1 aliphatic carbocycles. The predicted octanol–water partition coefficient (Wildman–Crippen LogP) is -0.00440. The maximum absolute atomic E-state index is 11.5. The van der Waals surface area contributed by atoms with E-state index in [1.54, 1.807) is 0 Å². The van der Waals surface area contributed by atoms with Crippen LogP contribution in [0.3, 0.4) is 0 Å². The van der Waals surface area contributed by atoms with Gasteiger partial charge in [-0.3, -0.25) is 0 Å². The quantitative estimate of drug-likeness (QED) is 0.528. The van der Waals surface area contributed by atoms with Gasteiger partial charge in [-0.2, -0.15) is 0 Å². The highest BCUT2D eigenvalue weighted by Gasteiger charge is 2.30. The molecule has 0 aliphatic heterocycles. The first-order valence-corrected chi connectivity index (χ1v) is 7.00. The van der Waals surface area contributed by atoms with Crippen molar-refractivity contribution < 1.29 is 19.8 Å². The number of nitrogens with one attached hydrogen (secondary N) is 2. The van der Waals surface area contributed by atoms with Gasteiger partial charge in [0.05, 0.1) is 6.54 Å². The second kappa shape index (κ2) is 7.44. The molecule has 0 aromatic carbocycles. The number of hydrogen-bond donors (Lipinski definition) is 4. The third kappa shape index (κ3) is 5.34. The maximum Gasteiger partial charge on any atom is 0.337 e. The van der Waals surface area contributed by atoms with E-state index in [4.69, 9.17) is 5.11 Å². The van der Waals surface area contributed by atoms with Crippen LogP contribution in [0, 0.1) is 0 Å². The van der Waals surface area contributed by atoms with E-state index in [-0.39, 0.29) is 6.54 Å². The van der Waals surface area contributed by atoms with Gasteiger partial charge in [0.25, 0.3) is 0 Å². The molecule has 4 N–H and O–H groups in total. The number of likely N-dealkylation sites (N-methyl/N-ethyl adjacent to an activating group) is 1. The molecule has 0 aromatic heterocycles. The van der Waals surface area contributed by atoms with E-state index in [0.29, 0.717) is 12.6 Å². The lowest BCUT2D eigenvalue weighted by Gasteiger charge is -2.24. The number of carboxylic acid groups (broad SMARTS) is 1. The Hall–Kier alpha value is -1.34. The Morgan fingerprint density at radius 3 is 2.45 bits per heavy atom. The van der Waals surface area contributed by atoms with Crippen molar-refractivity contribution in [3.63, 3.8) is 0 Å². The highest BCUT2D eigenvalue weighted by Crippen LogP contribution is 2.21. The molecule has 7 nitrogen and oxygen atoms in total. The zero-order chi connectivity index (χ0) is 15.2. The van der Waals surface area contributed by atoms with Gasteiger partial charge in [-0.15, -0.1) is 0 Å². The van der Waals surface area contributed by atoms with Crippen LogP contribution >= 0.6 is 0 Å². The molecule has 1 saturated carbocycles. The van der Waals surface area contributed by atoms with Crippen molar-refractivity contribution in [2.45, 2.75) is 44.2 Å². The van der Waals surface area contributed by atoms with Crippen molar-refractivity contribution in [1.29, 1.82) is 0 Å². The number of hydrogen-bond acceptors (Lipinski definition) is 4. The van der Waals surface area contributed by atoms with Crippen LogP contribution in [0.4, 0.5) is 4.79 Å². The minimum Gasteiger partial charge on any atom is -0.479 e. The lowest BCUT2D eigenvalue weighted by molar-refractivity contribution is -0.155. The topological polar surface area (TPSA) is 102 Å². The van der Waals surface area contributed by atoms with Crippen LogP contribution in [-0.2, 0) is 4.79 Å². The largest absolute Gasteiger partial charge is 0.479 e. The molecular formula is C13H25N3O4. The first kappa shape index (κ1) is 16.7. The second-order valence-corrected chi connectivity index (χ2v) is 5.61. The standard InChI is InChI=1S/C13H25N3O4/c1-13(20,11(17)18)9-15-12(19)14-7-8-16(2)10-5-3-4-6-10/h10,20H,3-9H2,1-2H3,(H,17,18)(H2,14,15,19). The number of aliphatic hydroxyl groups is 1. The Labute approximate surface area is 119 Å². The molecule has 20 heavy (non-hydrogen) atoms. The lowest BCUT2D eigenvalue weighted by Crippen LogP contribution is -2.50. The van der Waals surface area contributed by atoms with Crippen molar-refractivity contribution in [1.82, 2.24) is 15.5 Å². The summed E-state index contributed by atoms with van der Waals surface area (Å²) in [6.45, 7) is 2.07. The molecule has 116 valence electrons. The third-order valence-corrected chi connectivity index (χ3v) is 3.75. The average molecular weight is 287 g/mol. The first-order valence-electron chi connectivity index (χ1n) is 7.00. The van der Waals surface area contributed by atoms with Crippen LogP contribution in [0.25, 0.3) is 0 Å². The highest BCUT2D eigenvalue weighted by molar-refractivity contribution is 5.79. The molecule has 0 heterocycles. The van der Waals surface area contributed by atoms with Gasteiger partial charge in [0.1, 0.15) is 0 Å². The van der Waals surface area contributed by atoms with Crippen LogP contribution in [-0.4, -0.2) is 65.4 Å². The number of nitrogens with zero attached hydrogens (tertiary/aromatic N) is 1. The number of amides is 2. The molecular weight excluding hydrogens is 262 g/mol. The SMILES string of the molecule is CN(CCNC(=O)NCC(C)(O)C(=O)O)C1CCCC1. The van der Waals surface area contributed by atoms with E-state index in [9.17, 15) is 14.7 Å². The minimum absolute atomic E-state index is 0.327. The minimum atomic E-state index is -1.95. The van der Waals surface area contributed by atoms with Crippen LogP contribution in [0.1, 0.15) is 32.6 Å². The molecule has 0 aromatic rings. The molecule has 0 saturated heterocycles. The Morgan fingerprint density at radius 2 is 1.90 bits per heavy atom. The van der Waals surface area contributed by atoms with Gasteiger partial charge in [0.2, 0.25) is 0 Å². The van der Waals surface area contributed by atoms with Gasteiger partial charge >= 0.3 is 12.0 Å². The van der Waals surface area contributed by atoms with Crippen molar-refractivity contribution in [2.75, 3.05) is 26.7 Å². The molecule has 1 atom stereocenters. The van der Waals surface area contributed by atoms with Gasteiger partial charge in [0.15, 0.2) is 5.60 Å². The van der Waals surface area contributed by atoms with Gasteiger partial charge < -0.3 is 25.7 Å². The number of rotatable bonds is 7. The van der Waals surface area contributed by atoms with E-state index in [1.165, 1.54) is 25.7 Å². The molecule has 1 fully saturated rings. The summed E-state index contributed by atoms with van der Waals surface area (Å²) in [5.41, 5.74) is -1.95. The molecule has 2 amide bonds. The molecule has 0 bridgehead atoms. The van der Waals surface area contributed by atoms with Crippen LogP contribution in [0.15, 0.2) is 0 Å². The van der Waals surface area contributed by atoms with Gasteiger partial charge in [-0.05, 0) is 26.8 Å². The summed E-state index contributed by atoms with van der Waals surface area (Å²) in [4.78, 5) is 24.4. The fraction of sp³-hybridized carbons (Fsp3) is 0.846. The molecule has 7 heteroatoms. The number of carboxylic acids is 1. The monoisotopic (exact) mass is 287 g/mol. The van der Waals surface area contributed by atoms with Crippen molar-refractivity contribution >= 4 is 12.0 Å². The molecule has 1 unspecified atom stereocenters. The van der Waals surface area contributed by atoms with Crippen molar-refractivity contribution in [3.8, 4) is 0 Å². The summed E-state index contributed by atoms with van der Waals surface area (Å²) < 4.78 is 0. The lowest BCUT2D eigenvalue weighted by atomic mass is 10.1. The molecule has 1 rings (SSSR count). The Bertz CT molecular complexity index is 341. The van der Waals surface area contributed by atoms with Crippen molar-refractivity contribution in [2.24, 2.45) is 0 Å². The highest BCUT2D eigenvalue weighted by atomic mass is 16.4. The van der Waals surface area contributed by atoms with Gasteiger partial charge in [-0.1, -0.05) is 12.8 Å². The summed E-state index contributed by atoms with van der Waals surface area (Å²) in [5, 5.41) is 23.1. The summed E-state index contributed by atoms with van der Waals surface area (Å²) in [7, 11) is 2.05. The van der Waals surface area contributed by atoms with Crippen LogP contribution in [0.5, 0.6) is 0 Å². The number of urea groups is 1. The maximum atomic E-state index is 11.5. The Balaban J connectivity index is 2.15. The zero-order valence-electron chi connectivity index (χ0n) is 12.2. The van der Waals surface area contributed by atoms with Crippen LogP contribution in [0.2, 0.25) is 0 Å². The van der Waals surface area contributed by atoms with Crippen LogP contribution < -0.4 is 10.6 Å². The predicted molar refractivity (Wildman–Crippen MR) is 74.5 cm³/mol. The normalized spacial score (nSPS) is 18.8. The van der Waals surface area contributed by atoms with E-state index in [0.717, 1.165) is 13.5 Å². The summed E-state index contributed by atoms with van der Waals surface area (Å²) in [6, 6.07) is 0.138. The van der Waals surface area contributed by atoms with E-state index in [2.05, 4.69) is 15.5 Å².